The normalized spacial score (nSPS) is 11.6. The molecule has 0 atom stereocenters. The molecule has 1 aromatic carbocycles. The van der Waals surface area contributed by atoms with Crippen molar-refractivity contribution in [2.45, 2.75) is 50.9 Å². The summed E-state index contributed by atoms with van der Waals surface area (Å²) in [5.74, 6) is 2.03. The third-order valence-electron chi connectivity index (χ3n) is 4.15. The molecule has 152 valence electrons. The number of aromatic nitrogens is 2. The first kappa shape index (κ1) is 22.2. The molecular formula is C22H32N4OS. The van der Waals surface area contributed by atoms with E-state index in [-0.39, 0.29) is 11.3 Å². The molecule has 0 aliphatic carbocycles. The summed E-state index contributed by atoms with van der Waals surface area (Å²) in [5.41, 5.74) is 2.75. The van der Waals surface area contributed by atoms with Crippen LogP contribution in [0.4, 0.5) is 5.82 Å². The van der Waals surface area contributed by atoms with Crippen LogP contribution in [0.5, 0.6) is 0 Å². The van der Waals surface area contributed by atoms with Gasteiger partial charge in [0.1, 0.15) is 5.82 Å². The predicted molar refractivity (Wildman–Crippen MR) is 118 cm³/mol. The van der Waals surface area contributed by atoms with E-state index in [1.807, 2.05) is 49.3 Å². The van der Waals surface area contributed by atoms with E-state index in [1.54, 1.807) is 11.8 Å². The summed E-state index contributed by atoms with van der Waals surface area (Å²) in [5, 5.41) is 3.72. The molecule has 0 radical (unpaired) electrons. The quantitative estimate of drug-likeness (QED) is 0.547. The fourth-order valence-electron chi connectivity index (χ4n) is 2.44. The summed E-state index contributed by atoms with van der Waals surface area (Å²) in [7, 11) is 3.98. The molecule has 1 N–H and O–H groups in total. The third-order valence-corrected chi connectivity index (χ3v) is 5.07. The number of amides is 1. The summed E-state index contributed by atoms with van der Waals surface area (Å²) < 4.78 is 0. The van der Waals surface area contributed by atoms with Crippen molar-refractivity contribution in [3.63, 3.8) is 0 Å². The van der Waals surface area contributed by atoms with Crippen LogP contribution in [0.3, 0.4) is 0 Å². The molecule has 28 heavy (non-hydrogen) atoms. The Morgan fingerprint density at radius 3 is 2.50 bits per heavy atom. The van der Waals surface area contributed by atoms with Crippen molar-refractivity contribution in [1.29, 1.82) is 0 Å². The smallest absolute Gasteiger partial charge is 0.251 e. The van der Waals surface area contributed by atoms with Crippen LogP contribution in [0.1, 0.15) is 56.2 Å². The van der Waals surface area contributed by atoms with Crippen LogP contribution in [0, 0.1) is 5.92 Å². The number of carbonyl (C=O) groups is 1. The first-order valence-electron chi connectivity index (χ1n) is 9.63. The number of nitrogens with zero attached hydrogens (tertiary/aromatic N) is 3. The Morgan fingerprint density at radius 2 is 1.89 bits per heavy atom. The van der Waals surface area contributed by atoms with E-state index in [2.05, 4.69) is 44.9 Å². The molecule has 1 aromatic heterocycles. The molecule has 0 unspecified atom stereocenters. The SMILES string of the molecule is CC(C)CNC(=O)c1cccc(CSc2nc(N(C)C)cc(C(C)(C)C)n2)c1. The lowest BCUT2D eigenvalue weighted by molar-refractivity contribution is 0.0949. The Hall–Kier alpha value is -2.08. The van der Waals surface area contributed by atoms with E-state index >= 15 is 0 Å². The average molecular weight is 401 g/mol. The van der Waals surface area contributed by atoms with Gasteiger partial charge in [0.05, 0.1) is 5.69 Å². The van der Waals surface area contributed by atoms with Crippen LogP contribution in [0.2, 0.25) is 0 Å². The Bertz CT molecular complexity index is 812. The van der Waals surface area contributed by atoms with Crippen LogP contribution < -0.4 is 10.2 Å². The molecule has 0 fully saturated rings. The average Bonchev–Trinajstić information content (AvgIpc) is 2.63. The van der Waals surface area contributed by atoms with Gasteiger partial charge in [-0.2, -0.15) is 0 Å². The van der Waals surface area contributed by atoms with Crippen molar-refractivity contribution in [2.75, 3.05) is 25.5 Å². The second-order valence-electron chi connectivity index (χ2n) is 8.63. The van der Waals surface area contributed by atoms with E-state index in [0.717, 1.165) is 22.2 Å². The fraction of sp³-hybridized carbons (Fsp3) is 0.500. The minimum absolute atomic E-state index is 0.0265. The number of hydrogen-bond donors (Lipinski definition) is 1. The Morgan fingerprint density at radius 1 is 1.18 bits per heavy atom. The molecule has 0 spiro atoms. The predicted octanol–water partition coefficient (Wildman–Crippen LogP) is 4.52. The molecule has 6 heteroatoms. The van der Waals surface area contributed by atoms with Crippen LogP contribution in [-0.4, -0.2) is 36.5 Å². The molecule has 1 amide bonds. The maximum atomic E-state index is 12.3. The van der Waals surface area contributed by atoms with Gasteiger partial charge in [-0.1, -0.05) is 58.5 Å². The monoisotopic (exact) mass is 400 g/mol. The first-order chi connectivity index (χ1) is 13.1. The van der Waals surface area contributed by atoms with Crippen molar-refractivity contribution in [1.82, 2.24) is 15.3 Å². The van der Waals surface area contributed by atoms with Gasteiger partial charge in [-0.25, -0.2) is 9.97 Å². The maximum Gasteiger partial charge on any atom is 0.251 e. The van der Waals surface area contributed by atoms with Gasteiger partial charge >= 0.3 is 0 Å². The van der Waals surface area contributed by atoms with Crippen molar-refractivity contribution >= 4 is 23.5 Å². The largest absolute Gasteiger partial charge is 0.363 e. The molecule has 2 rings (SSSR count). The van der Waals surface area contributed by atoms with Gasteiger partial charge in [0.2, 0.25) is 0 Å². The highest BCUT2D eigenvalue weighted by Crippen LogP contribution is 2.28. The second-order valence-corrected chi connectivity index (χ2v) is 9.57. The lowest BCUT2D eigenvalue weighted by atomic mass is 9.92. The fourth-order valence-corrected chi connectivity index (χ4v) is 3.24. The Balaban J connectivity index is 2.14. The van der Waals surface area contributed by atoms with E-state index in [0.29, 0.717) is 23.8 Å². The summed E-state index contributed by atoms with van der Waals surface area (Å²) in [6.45, 7) is 11.3. The number of thioether (sulfide) groups is 1. The maximum absolute atomic E-state index is 12.3. The second kappa shape index (κ2) is 9.41. The number of nitrogens with one attached hydrogen (secondary N) is 1. The van der Waals surface area contributed by atoms with Crippen molar-refractivity contribution in [3.05, 3.63) is 47.2 Å². The Kier molecular flexibility index (Phi) is 7.47. The van der Waals surface area contributed by atoms with Gasteiger partial charge in [0, 0.05) is 43.4 Å². The number of benzene rings is 1. The molecular weight excluding hydrogens is 368 g/mol. The topological polar surface area (TPSA) is 58.1 Å². The zero-order chi connectivity index (χ0) is 20.9. The zero-order valence-electron chi connectivity index (χ0n) is 18.0. The zero-order valence-corrected chi connectivity index (χ0v) is 18.9. The molecule has 5 nitrogen and oxygen atoms in total. The first-order valence-corrected chi connectivity index (χ1v) is 10.6. The van der Waals surface area contributed by atoms with Gasteiger partial charge in [0.25, 0.3) is 5.91 Å². The molecule has 2 aromatic rings. The van der Waals surface area contributed by atoms with Gasteiger partial charge in [-0.3, -0.25) is 4.79 Å². The van der Waals surface area contributed by atoms with Crippen LogP contribution in [0.25, 0.3) is 0 Å². The van der Waals surface area contributed by atoms with Crippen LogP contribution >= 0.6 is 11.8 Å². The molecule has 0 saturated carbocycles. The van der Waals surface area contributed by atoms with Gasteiger partial charge < -0.3 is 10.2 Å². The van der Waals surface area contributed by atoms with Crippen molar-refractivity contribution < 1.29 is 4.79 Å². The van der Waals surface area contributed by atoms with Gasteiger partial charge in [-0.05, 0) is 23.6 Å². The van der Waals surface area contributed by atoms with Crippen molar-refractivity contribution in [3.8, 4) is 0 Å². The highest BCUT2D eigenvalue weighted by molar-refractivity contribution is 7.98. The number of anilines is 1. The summed E-state index contributed by atoms with van der Waals surface area (Å²) in [4.78, 5) is 23.7. The summed E-state index contributed by atoms with van der Waals surface area (Å²) in [6, 6.07) is 9.81. The summed E-state index contributed by atoms with van der Waals surface area (Å²) >= 11 is 1.59. The van der Waals surface area contributed by atoms with E-state index in [9.17, 15) is 4.79 Å². The lowest BCUT2D eigenvalue weighted by Crippen LogP contribution is -2.27. The summed E-state index contributed by atoms with van der Waals surface area (Å²) in [6.07, 6.45) is 0. The van der Waals surface area contributed by atoms with Gasteiger partial charge in [0.15, 0.2) is 5.16 Å². The van der Waals surface area contributed by atoms with E-state index < -0.39 is 0 Å². The van der Waals surface area contributed by atoms with Crippen LogP contribution in [0.15, 0.2) is 35.5 Å². The molecule has 0 bridgehead atoms. The lowest BCUT2D eigenvalue weighted by Gasteiger charge is -2.21. The van der Waals surface area contributed by atoms with Crippen molar-refractivity contribution in [2.24, 2.45) is 5.92 Å². The number of carbonyl (C=O) groups excluding carboxylic acids is 1. The third kappa shape index (κ3) is 6.51. The number of hydrogen-bond acceptors (Lipinski definition) is 5. The Labute approximate surface area is 173 Å². The number of rotatable bonds is 7. The van der Waals surface area contributed by atoms with E-state index in [4.69, 9.17) is 4.98 Å². The molecule has 0 aliphatic heterocycles. The molecule has 0 aliphatic rings. The van der Waals surface area contributed by atoms with Crippen LogP contribution in [-0.2, 0) is 11.2 Å². The minimum atomic E-state index is -0.0442. The van der Waals surface area contributed by atoms with Gasteiger partial charge in [-0.15, -0.1) is 0 Å². The minimum Gasteiger partial charge on any atom is -0.363 e. The highest BCUT2D eigenvalue weighted by Gasteiger charge is 2.19. The standard InChI is InChI=1S/C22H32N4OS/c1-15(2)13-23-20(27)17-10-8-9-16(11-17)14-28-21-24-18(22(3,4)5)12-19(25-21)26(6)7/h8-12,15H,13-14H2,1-7H3,(H,23,27). The molecule has 1 heterocycles. The highest BCUT2D eigenvalue weighted by atomic mass is 32.2. The van der Waals surface area contributed by atoms with E-state index in [1.165, 1.54) is 0 Å². The molecule has 0 saturated heterocycles.